The number of nitro benzene ring substituents is 1. The molecule has 1 aromatic carbocycles. The average molecular weight is 336 g/mol. The SMILES string of the molecule is CCCC(COc1cccc(C)c1[N+](=O)[O-])CS(=O)(=O)Cl. The largest absolute Gasteiger partial charge is 0.486 e. The Labute approximate surface area is 128 Å². The van der Waals surface area contributed by atoms with Crippen LogP contribution in [-0.2, 0) is 9.05 Å². The highest BCUT2D eigenvalue weighted by Crippen LogP contribution is 2.30. The van der Waals surface area contributed by atoms with E-state index in [-0.39, 0.29) is 29.7 Å². The Kier molecular flexibility index (Phi) is 6.42. The van der Waals surface area contributed by atoms with Gasteiger partial charge in [0.25, 0.3) is 0 Å². The molecule has 0 aliphatic heterocycles. The molecule has 1 unspecified atom stereocenters. The van der Waals surface area contributed by atoms with Crippen molar-refractivity contribution in [3.05, 3.63) is 33.9 Å². The van der Waals surface area contributed by atoms with Crippen molar-refractivity contribution in [2.24, 2.45) is 5.92 Å². The molecule has 0 fully saturated rings. The van der Waals surface area contributed by atoms with Gasteiger partial charge >= 0.3 is 5.69 Å². The highest BCUT2D eigenvalue weighted by Gasteiger charge is 2.21. The second-order valence-electron chi connectivity index (χ2n) is 4.85. The van der Waals surface area contributed by atoms with Gasteiger partial charge in [-0.1, -0.05) is 25.5 Å². The summed E-state index contributed by atoms with van der Waals surface area (Å²) < 4.78 is 27.8. The van der Waals surface area contributed by atoms with Crippen LogP contribution in [0, 0.1) is 23.0 Å². The quantitative estimate of drug-likeness (QED) is 0.413. The summed E-state index contributed by atoms with van der Waals surface area (Å²) >= 11 is 0. The van der Waals surface area contributed by atoms with E-state index in [1.807, 2.05) is 6.92 Å². The lowest BCUT2D eigenvalue weighted by Crippen LogP contribution is -2.20. The molecule has 1 aromatic rings. The molecule has 1 atom stereocenters. The van der Waals surface area contributed by atoms with Crippen molar-refractivity contribution in [2.75, 3.05) is 12.4 Å². The van der Waals surface area contributed by atoms with Gasteiger partial charge < -0.3 is 4.74 Å². The van der Waals surface area contributed by atoms with E-state index in [1.165, 1.54) is 6.07 Å². The first-order valence-electron chi connectivity index (χ1n) is 6.53. The van der Waals surface area contributed by atoms with Gasteiger partial charge in [0.05, 0.1) is 17.3 Å². The van der Waals surface area contributed by atoms with Crippen LogP contribution >= 0.6 is 10.7 Å². The van der Waals surface area contributed by atoms with Gasteiger partial charge in [-0.2, -0.15) is 0 Å². The smallest absolute Gasteiger partial charge is 0.313 e. The summed E-state index contributed by atoms with van der Waals surface area (Å²) in [5, 5.41) is 11.1. The van der Waals surface area contributed by atoms with Crippen molar-refractivity contribution in [3.8, 4) is 5.75 Å². The molecule has 0 spiro atoms. The zero-order chi connectivity index (χ0) is 16.0. The molecule has 1 rings (SSSR count). The molecule has 21 heavy (non-hydrogen) atoms. The molecule has 0 N–H and O–H groups in total. The van der Waals surface area contributed by atoms with Gasteiger partial charge in [-0.25, -0.2) is 8.42 Å². The van der Waals surface area contributed by atoms with Crippen LogP contribution in [0.15, 0.2) is 18.2 Å². The molecule has 0 radical (unpaired) electrons. The van der Waals surface area contributed by atoms with Crippen LogP contribution in [0.3, 0.4) is 0 Å². The van der Waals surface area contributed by atoms with Crippen molar-refractivity contribution in [3.63, 3.8) is 0 Å². The van der Waals surface area contributed by atoms with Crippen molar-refractivity contribution in [2.45, 2.75) is 26.7 Å². The van der Waals surface area contributed by atoms with Gasteiger partial charge in [0.1, 0.15) is 0 Å². The minimum absolute atomic E-state index is 0.0735. The molecular formula is C13H18ClNO5S. The fourth-order valence-electron chi connectivity index (χ4n) is 2.09. The van der Waals surface area contributed by atoms with E-state index in [4.69, 9.17) is 15.4 Å². The molecule has 8 heteroatoms. The van der Waals surface area contributed by atoms with Gasteiger partial charge in [-0.3, -0.25) is 10.1 Å². The number of hydrogen-bond acceptors (Lipinski definition) is 5. The summed E-state index contributed by atoms with van der Waals surface area (Å²) in [6, 6.07) is 4.78. The maximum atomic E-state index is 11.2. The van der Waals surface area contributed by atoms with E-state index in [0.29, 0.717) is 12.0 Å². The Balaban J connectivity index is 2.85. The van der Waals surface area contributed by atoms with Gasteiger partial charge in [-0.05, 0) is 19.4 Å². The number of halogens is 1. The van der Waals surface area contributed by atoms with Crippen molar-refractivity contribution < 1.29 is 18.1 Å². The molecule has 0 amide bonds. The van der Waals surface area contributed by atoms with Crippen LogP contribution in [0.5, 0.6) is 5.75 Å². The topological polar surface area (TPSA) is 86.5 Å². The van der Waals surface area contributed by atoms with Crippen molar-refractivity contribution in [1.82, 2.24) is 0 Å². The molecule has 0 heterocycles. The molecule has 118 valence electrons. The zero-order valence-corrected chi connectivity index (χ0v) is 13.5. The predicted octanol–water partition coefficient (Wildman–Crippen LogP) is 3.27. The van der Waals surface area contributed by atoms with Gasteiger partial charge in [-0.15, -0.1) is 0 Å². The number of para-hydroxylation sites is 1. The van der Waals surface area contributed by atoms with E-state index in [1.54, 1.807) is 19.1 Å². The van der Waals surface area contributed by atoms with Crippen LogP contribution in [0.1, 0.15) is 25.3 Å². The fourth-order valence-corrected chi connectivity index (χ4v) is 3.46. The Morgan fingerprint density at radius 3 is 2.62 bits per heavy atom. The molecular weight excluding hydrogens is 318 g/mol. The van der Waals surface area contributed by atoms with Crippen LogP contribution in [0.4, 0.5) is 5.69 Å². The van der Waals surface area contributed by atoms with Gasteiger partial charge in [0, 0.05) is 22.2 Å². The Morgan fingerprint density at radius 2 is 2.10 bits per heavy atom. The number of aryl methyl sites for hydroxylation is 1. The van der Waals surface area contributed by atoms with E-state index in [2.05, 4.69) is 0 Å². The highest BCUT2D eigenvalue weighted by molar-refractivity contribution is 8.13. The standard InChI is InChI=1S/C13H18ClNO5S/c1-3-5-11(9-21(14,18)19)8-20-12-7-4-6-10(2)13(12)15(16)17/h4,6-7,11H,3,5,8-9H2,1-2H3. The van der Waals surface area contributed by atoms with Crippen molar-refractivity contribution >= 4 is 25.4 Å². The molecule has 0 aromatic heterocycles. The second-order valence-corrected chi connectivity index (χ2v) is 7.67. The molecule has 0 saturated carbocycles. The maximum absolute atomic E-state index is 11.2. The summed E-state index contributed by atoms with van der Waals surface area (Å²) in [4.78, 5) is 10.5. The van der Waals surface area contributed by atoms with Gasteiger partial charge in [0.2, 0.25) is 9.05 Å². The number of rotatable bonds is 8. The third-order valence-electron chi connectivity index (χ3n) is 2.99. The summed E-state index contributed by atoms with van der Waals surface area (Å²) in [5.74, 6) is -0.354. The highest BCUT2D eigenvalue weighted by atomic mass is 35.7. The zero-order valence-electron chi connectivity index (χ0n) is 11.9. The second kappa shape index (κ2) is 7.61. The summed E-state index contributed by atoms with van der Waals surface area (Å²) in [6.07, 6.45) is 1.39. The Morgan fingerprint density at radius 1 is 1.43 bits per heavy atom. The summed E-state index contributed by atoms with van der Waals surface area (Å²) in [5.41, 5.74) is 0.399. The van der Waals surface area contributed by atoms with E-state index in [0.717, 1.165) is 6.42 Å². The number of nitrogens with zero attached hydrogens (tertiary/aromatic N) is 1. The van der Waals surface area contributed by atoms with E-state index in [9.17, 15) is 18.5 Å². The first-order valence-corrected chi connectivity index (χ1v) is 9.01. The van der Waals surface area contributed by atoms with Crippen LogP contribution in [-0.4, -0.2) is 25.7 Å². The van der Waals surface area contributed by atoms with E-state index < -0.39 is 14.0 Å². The maximum Gasteiger partial charge on any atom is 0.313 e. The molecule has 0 saturated heterocycles. The first-order chi connectivity index (χ1) is 9.74. The monoisotopic (exact) mass is 335 g/mol. The number of benzene rings is 1. The number of hydrogen-bond donors (Lipinski definition) is 0. The fraction of sp³-hybridized carbons (Fsp3) is 0.538. The lowest BCUT2D eigenvalue weighted by Gasteiger charge is -2.15. The van der Waals surface area contributed by atoms with Gasteiger partial charge in [0.15, 0.2) is 5.75 Å². The normalized spacial score (nSPS) is 12.9. The van der Waals surface area contributed by atoms with Crippen LogP contribution in [0.25, 0.3) is 0 Å². The van der Waals surface area contributed by atoms with E-state index >= 15 is 0 Å². The first kappa shape index (κ1) is 17.7. The molecule has 0 aliphatic carbocycles. The third-order valence-corrected chi connectivity index (χ3v) is 4.24. The van der Waals surface area contributed by atoms with Crippen molar-refractivity contribution in [1.29, 1.82) is 0 Å². The Hall–Kier alpha value is -1.34. The van der Waals surface area contributed by atoms with Crippen LogP contribution in [0.2, 0.25) is 0 Å². The molecule has 0 bridgehead atoms. The molecule has 0 aliphatic rings. The number of ether oxygens (including phenoxy) is 1. The minimum Gasteiger partial charge on any atom is -0.486 e. The summed E-state index contributed by atoms with van der Waals surface area (Å²) in [6.45, 7) is 3.62. The Bertz CT molecular complexity index is 603. The van der Waals surface area contributed by atoms with Crippen LogP contribution < -0.4 is 4.74 Å². The lowest BCUT2D eigenvalue weighted by atomic mass is 10.1. The number of nitro groups is 1. The predicted molar refractivity (Wildman–Crippen MR) is 81.4 cm³/mol. The lowest BCUT2D eigenvalue weighted by molar-refractivity contribution is -0.386. The third kappa shape index (κ3) is 5.89. The molecule has 6 nitrogen and oxygen atoms in total. The summed E-state index contributed by atoms with van der Waals surface area (Å²) in [7, 11) is 1.63. The average Bonchev–Trinajstić information content (AvgIpc) is 2.34. The minimum atomic E-state index is -3.63.